The standard InChI is InChI=1S/C18H25BrN2O.ClH/c1-21(16-8-11-20-13-16)17(22)18(9-3-2-4-10-18)14-6-5-7-15(19)12-14;/h5-7,12,16,20H,2-4,8-11,13H2,1H3;1H. The maximum absolute atomic E-state index is 13.4. The van der Waals surface area contributed by atoms with Crippen molar-refractivity contribution in [2.75, 3.05) is 20.1 Å². The van der Waals surface area contributed by atoms with Gasteiger partial charge in [-0.25, -0.2) is 0 Å². The van der Waals surface area contributed by atoms with E-state index in [1.807, 2.05) is 18.0 Å². The molecule has 0 bridgehead atoms. The molecule has 0 spiro atoms. The first-order valence-electron chi connectivity index (χ1n) is 8.37. The van der Waals surface area contributed by atoms with Crippen LogP contribution >= 0.6 is 28.3 Å². The zero-order valence-electron chi connectivity index (χ0n) is 13.7. The lowest BCUT2D eigenvalue weighted by Crippen LogP contribution is -2.50. The number of likely N-dealkylation sites (N-methyl/N-ethyl adjacent to an activating group) is 1. The number of nitrogens with one attached hydrogen (secondary N) is 1. The minimum Gasteiger partial charge on any atom is -0.341 e. The normalized spacial score (nSPS) is 23.1. The van der Waals surface area contributed by atoms with E-state index in [-0.39, 0.29) is 17.8 Å². The molecule has 5 heteroatoms. The van der Waals surface area contributed by atoms with Crippen molar-refractivity contribution in [2.24, 2.45) is 0 Å². The predicted molar refractivity (Wildman–Crippen MR) is 100 cm³/mol. The van der Waals surface area contributed by atoms with Crippen molar-refractivity contribution < 1.29 is 4.79 Å². The van der Waals surface area contributed by atoms with Crippen LogP contribution in [0.15, 0.2) is 28.7 Å². The molecule has 1 heterocycles. The van der Waals surface area contributed by atoms with E-state index in [9.17, 15) is 4.79 Å². The second kappa shape index (κ2) is 8.00. The molecule has 1 saturated carbocycles. The molecular formula is C18H26BrClN2O. The van der Waals surface area contributed by atoms with Gasteiger partial charge in [-0.05, 0) is 43.5 Å². The van der Waals surface area contributed by atoms with E-state index in [0.717, 1.165) is 49.7 Å². The van der Waals surface area contributed by atoms with E-state index < -0.39 is 0 Å². The monoisotopic (exact) mass is 400 g/mol. The van der Waals surface area contributed by atoms with Gasteiger partial charge in [-0.15, -0.1) is 12.4 Å². The van der Waals surface area contributed by atoms with Crippen molar-refractivity contribution in [1.29, 1.82) is 0 Å². The summed E-state index contributed by atoms with van der Waals surface area (Å²) < 4.78 is 1.06. The molecule has 2 aliphatic rings. The molecule has 2 fully saturated rings. The molecule has 1 aromatic rings. The Balaban J connectivity index is 0.00000192. The second-order valence-corrected chi connectivity index (χ2v) is 7.63. The van der Waals surface area contributed by atoms with E-state index in [1.165, 1.54) is 12.0 Å². The third-order valence-corrected chi connectivity index (χ3v) is 5.89. The van der Waals surface area contributed by atoms with E-state index in [1.54, 1.807) is 0 Å². The molecule has 0 radical (unpaired) electrons. The highest BCUT2D eigenvalue weighted by molar-refractivity contribution is 9.10. The van der Waals surface area contributed by atoms with E-state index in [2.05, 4.69) is 39.4 Å². The Bertz CT molecular complexity index is 540. The quantitative estimate of drug-likeness (QED) is 0.833. The van der Waals surface area contributed by atoms with Gasteiger partial charge in [0.05, 0.1) is 5.41 Å². The Hall–Kier alpha value is -0.580. The van der Waals surface area contributed by atoms with Gasteiger partial charge < -0.3 is 10.2 Å². The number of hydrogen-bond donors (Lipinski definition) is 1. The van der Waals surface area contributed by atoms with Gasteiger partial charge >= 0.3 is 0 Å². The number of halogens is 2. The van der Waals surface area contributed by atoms with Gasteiger partial charge in [0.15, 0.2) is 0 Å². The molecular weight excluding hydrogens is 376 g/mol. The summed E-state index contributed by atoms with van der Waals surface area (Å²) >= 11 is 3.57. The van der Waals surface area contributed by atoms with Crippen molar-refractivity contribution in [1.82, 2.24) is 10.2 Å². The second-order valence-electron chi connectivity index (χ2n) is 6.72. The van der Waals surface area contributed by atoms with Crippen LogP contribution in [0.5, 0.6) is 0 Å². The fraction of sp³-hybridized carbons (Fsp3) is 0.611. The highest BCUT2D eigenvalue weighted by atomic mass is 79.9. The van der Waals surface area contributed by atoms with Gasteiger partial charge in [0.25, 0.3) is 0 Å². The molecule has 23 heavy (non-hydrogen) atoms. The minimum atomic E-state index is -0.320. The van der Waals surface area contributed by atoms with Gasteiger partial charge in [-0.3, -0.25) is 4.79 Å². The number of hydrogen-bond acceptors (Lipinski definition) is 2. The number of carbonyl (C=O) groups excluding carboxylic acids is 1. The maximum atomic E-state index is 13.4. The van der Waals surface area contributed by atoms with E-state index in [4.69, 9.17) is 0 Å². The summed E-state index contributed by atoms with van der Waals surface area (Å²) in [7, 11) is 1.99. The molecule has 1 aromatic carbocycles. The molecule has 3 rings (SSSR count). The Kier molecular flexibility index (Phi) is 6.52. The molecule has 0 aromatic heterocycles. The summed E-state index contributed by atoms with van der Waals surface area (Å²) in [4.78, 5) is 15.4. The zero-order valence-corrected chi connectivity index (χ0v) is 16.1. The molecule has 1 saturated heterocycles. The van der Waals surface area contributed by atoms with Crippen molar-refractivity contribution in [3.8, 4) is 0 Å². The summed E-state index contributed by atoms with van der Waals surface area (Å²) in [6, 6.07) is 8.71. The SMILES string of the molecule is CN(C(=O)C1(c2cccc(Br)c2)CCCCC1)C1CCNC1.Cl. The summed E-state index contributed by atoms with van der Waals surface area (Å²) in [5.74, 6) is 0.319. The van der Waals surface area contributed by atoms with Crippen LogP contribution < -0.4 is 5.32 Å². The van der Waals surface area contributed by atoms with E-state index >= 15 is 0 Å². The van der Waals surface area contributed by atoms with E-state index in [0.29, 0.717) is 11.9 Å². The Morgan fingerprint density at radius 2 is 2.04 bits per heavy atom. The topological polar surface area (TPSA) is 32.3 Å². The molecule has 128 valence electrons. The third kappa shape index (κ3) is 3.75. The maximum Gasteiger partial charge on any atom is 0.233 e. The summed E-state index contributed by atoms with van der Waals surface area (Å²) in [5.41, 5.74) is 0.865. The lowest BCUT2D eigenvalue weighted by molar-refractivity contribution is -0.139. The molecule has 1 aliphatic carbocycles. The Labute approximate surface area is 153 Å². The lowest BCUT2D eigenvalue weighted by Gasteiger charge is -2.41. The van der Waals surface area contributed by atoms with Crippen LogP contribution in [0.1, 0.15) is 44.1 Å². The highest BCUT2D eigenvalue weighted by Gasteiger charge is 2.44. The predicted octanol–water partition coefficient (Wildman–Crippen LogP) is 3.89. The summed E-state index contributed by atoms with van der Waals surface area (Å²) in [6.07, 6.45) is 6.57. The first-order chi connectivity index (χ1) is 10.6. The van der Waals surface area contributed by atoms with Crippen LogP contribution in [-0.2, 0) is 10.2 Å². The number of nitrogens with zero attached hydrogens (tertiary/aromatic N) is 1. The molecule has 1 atom stereocenters. The van der Waals surface area contributed by atoms with Gasteiger partial charge in [-0.2, -0.15) is 0 Å². The van der Waals surface area contributed by atoms with Gasteiger partial charge in [0, 0.05) is 24.1 Å². The van der Waals surface area contributed by atoms with Crippen LogP contribution in [0.2, 0.25) is 0 Å². The average Bonchev–Trinajstić information content (AvgIpc) is 3.08. The van der Waals surface area contributed by atoms with Crippen molar-refractivity contribution in [3.05, 3.63) is 34.3 Å². The van der Waals surface area contributed by atoms with Gasteiger partial charge in [0.1, 0.15) is 0 Å². The number of carbonyl (C=O) groups is 1. The third-order valence-electron chi connectivity index (χ3n) is 5.40. The fourth-order valence-electron chi connectivity index (χ4n) is 4.04. The van der Waals surface area contributed by atoms with Crippen LogP contribution in [-0.4, -0.2) is 37.0 Å². The van der Waals surface area contributed by atoms with Crippen LogP contribution in [0.4, 0.5) is 0 Å². The summed E-state index contributed by atoms with van der Waals surface area (Å²) in [6.45, 7) is 1.95. The van der Waals surface area contributed by atoms with Gasteiger partial charge in [0.2, 0.25) is 5.91 Å². The van der Waals surface area contributed by atoms with Crippen LogP contribution in [0.25, 0.3) is 0 Å². The average molecular weight is 402 g/mol. The Morgan fingerprint density at radius 3 is 2.65 bits per heavy atom. The number of rotatable bonds is 3. The highest BCUT2D eigenvalue weighted by Crippen LogP contribution is 2.42. The molecule has 3 nitrogen and oxygen atoms in total. The lowest BCUT2D eigenvalue weighted by atomic mass is 9.68. The number of benzene rings is 1. The molecule has 1 N–H and O–H groups in total. The van der Waals surface area contributed by atoms with Crippen LogP contribution in [0, 0.1) is 0 Å². The first kappa shape index (κ1) is 18.8. The fourth-order valence-corrected chi connectivity index (χ4v) is 4.44. The van der Waals surface area contributed by atoms with Crippen molar-refractivity contribution >= 4 is 34.2 Å². The number of amides is 1. The molecule has 1 aliphatic heterocycles. The summed E-state index contributed by atoms with van der Waals surface area (Å²) in [5, 5.41) is 3.37. The largest absolute Gasteiger partial charge is 0.341 e. The van der Waals surface area contributed by atoms with Crippen molar-refractivity contribution in [3.63, 3.8) is 0 Å². The molecule has 1 amide bonds. The first-order valence-corrected chi connectivity index (χ1v) is 9.17. The van der Waals surface area contributed by atoms with Gasteiger partial charge in [-0.1, -0.05) is 47.3 Å². The smallest absolute Gasteiger partial charge is 0.233 e. The van der Waals surface area contributed by atoms with Crippen LogP contribution in [0.3, 0.4) is 0 Å². The van der Waals surface area contributed by atoms with Crippen molar-refractivity contribution in [2.45, 2.75) is 50.0 Å². The zero-order chi connectivity index (χ0) is 15.6. The minimum absolute atomic E-state index is 0. The molecule has 1 unspecified atom stereocenters. The Morgan fingerprint density at radius 1 is 1.30 bits per heavy atom.